The van der Waals surface area contributed by atoms with Gasteiger partial charge in [0.15, 0.2) is 12.4 Å². The quantitative estimate of drug-likeness (QED) is 0.427. The predicted molar refractivity (Wildman–Crippen MR) is 87.9 cm³/mol. The number of allylic oxidation sites excluding steroid dienone is 8. The highest BCUT2D eigenvalue weighted by molar-refractivity contribution is 9.11. The zero-order valence-electron chi connectivity index (χ0n) is 12.3. The average molecular weight is 351 g/mol. The van der Waals surface area contributed by atoms with Gasteiger partial charge in [0.1, 0.15) is 0 Å². The fraction of sp³-hybridized carbons (Fsp3) is 0.294. The van der Waals surface area contributed by atoms with Gasteiger partial charge in [0.05, 0.1) is 0 Å². The third-order valence-electron chi connectivity index (χ3n) is 2.93. The Labute approximate surface area is 133 Å². The van der Waals surface area contributed by atoms with Crippen LogP contribution in [0.15, 0.2) is 58.7 Å². The number of hydrogen-bond donors (Lipinski definition) is 0. The number of carbonyl (C=O) groups excluding carboxylic acids is 2. The molecule has 0 aliphatic heterocycles. The first-order chi connectivity index (χ1) is 9.93. The molecule has 1 aliphatic carbocycles. The summed E-state index contributed by atoms with van der Waals surface area (Å²) >= 11 is 3.47. The van der Waals surface area contributed by atoms with Crippen LogP contribution in [0.2, 0.25) is 0 Å². The molecule has 0 saturated carbocycles. The van der Waals surface area contributed by atoms with Crippen molar-refractivity contribution in [2.75, 3.05) is 6.61 Å². The maximum absolute atomic E-state index is 12.0. The molecule has 0 heterocycles. The Morgan fingerprint density at radius 2 is 2.24 bits per heavy atom. The second kappa shape index (κ2) is 8.57. The summed E-state index contributed by atoms with van der Waals surface area (Å²) in [5.74, 6) is -0.581. The molecule has 0 saturated heterocycles. The first-order valence-corrected chi connectivity index (χ1v) is 7.45. The van der Waals surface area contributed by atoms with Crippen LogP contribution in [-0.4, -0.2) is 18.4 Å². The third-order valence-corrected chi connectivity index (χ3v) is 3.46. The molecular formula is C17H19BrO3. The molecule has 0 bridgehead atoms. The van der Waals surface area contributed by atoms with Crippen LogP contribution in [0.3, 0.4) is 0 Å². The minimum Gasteiger partial charge on any atom is -0.457 e. The van der Waals surface area contributed by atoms with Crippen molar-refractivity contribution in [3.8, 4) is 0 Å². The van der Waals surface area contributed by atoms with Crippen LogP contribution in [0.5, 0.6) is 0 Å². The van der Waals surface area contributed by atoms with Crippen molar-refractivity contribution in [1.29, 1.82) is 0 Å². The van der Waals surface area contributed by atoms with Crippen molar-refractivity contribution in [3.63, 3.8) is 0 Å². The van der Waals surface area contributed by atoms with E-state index in [9.17, 15) is 9.59 Å². The zero-order valence-corrected chi connectivity index (χ0v) is 13.9. The van der Waals surface area contributed by atoms with Crippen LogP contribution in [0, 0.1) is 5.92 Å². The van der Waals surface area contributed by atoms with Gasteiger partial charge >= 0.3 is 5.97 Å². The Morgan fingerprint density at radius 1 is 1.52 bits per heavy atom. The van der Waals surface area contributed by atoms with E-state index < -0.39 is 5.97 Å². The Balaban J connectivity index is 2.75. The predicted octanol–water partition coefficient (Wildman–Crippen LogP) is 4.03. The van der Waals surface area contributed by atoms with E-state index in [1.807, 2.05) is 37.3 Å². The highest BCUT2D eigenvalue weighted by Crippen LogP contribution is 2.26. The monoisotopic (exact) mass is 350 g/mol. The summed E-state index contributed by atoms with van der Waals surface area (Å²) in [4.78, 5) is 22.7. The number of hydrogen-bond acceptors (Lipinski definition) is 3. The van der Waals surface area contributed by atoms with Gasteiger partial charge in [0.2, 0.25) is 0 Å². The molecule has 3 nitrogen and oxygen atoms in total. The molecule has 0 fully saturated rings. The maximum Gasteiger partial charge on any atom is 0.303 e. The van der Waals surface area contributed by atoms with Gasteiger partial charge in [0, 0.05) is 22.9 Å². The molecule has 0 spiro atoms. The van der Waals surface area contributed by atoms with Crippen LogP contribution in [0.4, 0.5) is 0 Å². The number of ketones is 1. The van der Waals surface area contributed by atoms with Crippen LogP contribution in [0.25, 0.3) is 0 Å². The Kier molecular flexibility index (Phi) is 7.09. The minimum absolute atomic E-state index is 0.0610. The fourth-order valence-corrected chi connectivity index (χ4v) is 2.41. The normalized spacial score (nSPS) is 19.4. The standard InChI is InChI=1S/C17H19BrO3/c1-4-6-16(18)10-14-7-5-8-15(9-12(14)2)17(20)11-21-13(3)19/h4-8,10,14H,2,9,11H2,1,3H3/b6-4-,16-10?. The molecule has 0 amide bonds. The lowest BCUT2D eigenvalue weighted by atomic mass is 9.94. The number of Topliss-reactive ketones (excluding diaryl/α,β-unsaturated/α-hetero) is 1. The summed E-state index contributed by atoms with van der Waals surface area (Å²) in [7, 11) is 0. The van der Waals surface area contributed by atoms with Crippen molar-refractivity contribution < 1.29 is 14.3 Å². The van der Waals surface area contributed by atoms with Crippen molar-refractivity contribution >= 4 is 27.7 Å². The molecule has 4 heteroatoms. The minimum atomic E-state index is -0.456. The summed E-state index contributed by atoms with van der Waals surface area (Å²) < 4.78 is 5.71. The highest BCUT2D eigenvalue weighted by atomic mass is 79.9. The second-order valence-corrected chi connectivity index (χ2v) is 5.61. The van der Waals surface area contributed by atoms with Gasteiger partial charge < -0.3 is 4.74 Å². The van der Waals surface area contributed by atoms with Crippen LogP contribution in [0.1, 0.15) is 20.3 Å². The van der Waals surface area contributed by atoms with Crippen molar-refractivity contribution in [3.05, 3.63) is 58.7 Å². The maximum atomic E-state index is 12.0. The van der Waals surface area contributed by atoms with E-state index in [-0.39, 0.29) is 18.3 Å². The van der Waals surface area contributed by atoms with E-state index in [0.717, 1.165) is 10.1 Å². The number of halogens is 1. The van der Waals surface area contributed by atoms with Gasteiger partial charge in [-0.1, -0.05) is 64.5 Å². The van der Waals surface area contributed by atoms with E-state index in [0.29, 0.717) is 12.0 Å². The second-order valence-electron chi connectivity index (χ2n) is 4.69. The third kappa shape index (κ3) is 6.08. The molecule has 1 aliphatic rings. The number of esters is 1. The molecular weight excluding hydrogens is 332 g/mol. The molecule has 1 unspecified atom stereocenters. The van der Waals surface area contributed by atoms with Crippen molar-refractivity contribution in [1.82, 2.24) is 0 Å². The first-order valence-electron chi connectivity index (χ1n) is 6.65. The zero-order chi connectivity index (χ0) is 15.8. The molecule has 0 radical (unpaired) electrons. The van der Waals surface area contributed by atoms with E-state index in [1.54, 1.807) is 6.08 Å². The topological polar surface area (TPSA) is 43.4 Å². The lowest BCUT2D eigenvalue weighted by molar-refractivity contribution is -0.144. The molecule has 1 rings (SSSR count). The summed E-state index contributed by atoms with van der Waals surface area (Å²) in [5.41, 5.74) is 1.53. The number of carbonyl (C=O) groups is 2. The molecule has 0 aromatic rings. The Bertz CT molecular complexity index is 550. The van der Waals surface area contributed by atoms with Gasteiger partial charge in [-0.25, -0.2) is 0 Å². The van der Waals surface area contributed by atoms with Gasteiger partial charge in [-0.05, 0) is 13.3 Å². The average Bonchev–Trinajstić information content (AvgIpc) is 2.59. The molecule has 0 aromatic heterocycles. The highest BCUT2D eigenvalue weighted by Gasteiger charge is 2.17. The van der Waals surface area contributed by atoms with E-state index in [4.69, 9.17) is 4.74 Å². The van der Waals surface area contributed by atoms with E-state index in [1.165, 1.54) is 6.92 Å². The first kappa shape index (κ1) is 17.4. The van der Waals surface area contributed by atoms with Crippen LogP contribution >= 0.6 is 15.9 Å². The Morgan fingerprint density at radius 3 is 2.86 bits per heavy atom. The summed E-state index contributed by atoms with van der Waals surface area (Å²) in [6.07, 6.45) is 12.0. The molecule has 21 heavy (non-hydrogen) atoms. The summed E-state index contributed by atoms with van der Waals surface area (Å²) in [5, 5.41) is 0. The largest absolute Gasteiger partial charge is 0.457 e. The van der Waals surface area contributed by atoms with Gasteiger partial charge in [-0.2, -0.15) is 0 Å². The molecule has 1 atom stereocenters. The molecule has 0 N–H and O–H groups in total. The van der Waals surface area contributed by atoms with E-state index >= 15 is 0 Å². The van der Waals surface area contributed by atoms with Gasteiger partial charge in [0.25, 0.3) is 0 Å². The smallest absolute Gasteiger partial charge is 0.303 e. The Hall–Kier alpha value is -1.68. The van der Waals surface area contributed by atoms with Gasteiger partial charge in [-0.3, -0.25) is 9.59 Å². The van der Waals surface area contributed by atoms with E-state index in [2.05, 4.69) is 22.5 Å². The number of rotatable bonds is 5. The molecule has 0 aromatic carbocycles. The lowest BCUT2D eigenvalue weighted by Crippen LogP contribution is -2.14. The van der Waals surface area contributed by atoms with Crippen LogP contribution in [-0.2, 0) is 14.3 Å². The summed E-state index contributed by atoms with van der Waals surface area (Å²) in [6.45, 7) is 7.07. The lowest BCUT2D eigenvalue weighted by Gasteiger charge is -2.12. The van der Waals surface area contributed by atoms with Gasteiger partial charge in [-0.15, -0.1) is 0 Å². The van der Waals surface area contributed by atoms with Crippen molar-refractivity contribution in [2.45, 2.75) is 20.3 Å². The fourth-order valence-electron chi connectivity index (χ4n) is 1.86. The van der Waals surface area contributed by atoms with Crippen molar-refractivity contribution in [2.24, 2.45) is 5.92 Å². The molecule has 112 valence electrons. The SMILES string of the molecule is C=C1CC(C(=O)COC(C)=O)=CC=CC1C=C(Br)/C=C\C. The van der Waals surface area contributed by atoms with Crippen LogP contribution < -0.4 is 0 Å². The summed E-state index contributed by atoms with van der Waals surface area (Å²) in [6, 6.07) is 0. The number of ether oxygens (including phenoxy) is 1.